The number of hydrogen-bond acceptors (Lipinski definition) is 4. The molecule has 0 aliphatic rings. The van der Waals surface area contributed by atoms with Crippen LogP contribution >= 0.6 is 11.6 Å². The number of rotatable bonds is 5. The van der Waals surface area contributed by atoms with Crippen LogP contribution in [0.2, 0.25) is 5.02 Å². The van der Waals surface area contributed by atoms with Gasteiger partial charge in [0.05, 0.1) is 16.3 Å². The third kappa shape index (κ3) is 4.93. The van der Waals surface area contributed by atoms with Crippen LogP contribution in [0.4, 0.5) is 24.7 Å². The maximum absolute atomic E-state index is 12.8. The van der Waals surface area contributed by atoms with Crippen LogP contribution in [0.5, 0.6) is 0 Å². The number of nitrogens with one attached hydrogen (secondary N) is 2. The summed E-state index contributed by atoms with van der Waals surface area (Å²) in [5, 5.41) is 5.23. The Kier molecular flexibility index (Phi) is 5.63. The first-order valence-electron chi connectivity index (χ1n) is 7.09. The van der Waals surface area contributed by atoms with Crippen molar-refractivity contribution in [1.82, 2.24) is 9.97 Å². The summed E-state index contributed by atoms with van der Waals surface area (Å²) in [5.74, 6) is 0.0235. The summed E-state index contributed by atoms with van der Waals surface area (Å²) in [6.07, 6.45) is -2.93. The third-order valence-corrected chi connectivity index (χ3v) is 3.37. The van der Waals surface area contributed by atoms with Crippen LogP contribution in [0.3, 0.4) is 0 Å². The van der Waals surface area contributed by atoms with Crippen molar-refractivity contribution in [3.05, 3.63) is 59.0 Å². The monoisotopic (exact) mass is 370 g/mol. The van der Waals surface area contributed by atoms with E-state index in [9.17, 15) is 18.0 Å². The molecule has 2 rings (SSSR count). The van der Waals surface area contributed by atoms with Gasteiger partial charge in [0.25, 0.3) is 5.91 Å². The highest BCUT2D eigenvalue weighted by molar-refractivity contribution is 6.33. The van der Waals surface area contributed by atoms with Gasteiger partial charge in [0.1, 0.15) is 17.3 Å². The first kappa shape index (κ1) is 18.7. The molecule has 2 N–H and O–H groups in total. The van der Waals surface area contributed by atoms with Crippen molar-refractivity contribution in [2.75, 3.05) is 17.2 Å². The van der Waals surface area contributed by atoms with E-state index in [1.165, 1.54) is 6.07 Å². The van der Waals surface area contributed by atoms with Gasteiger partial charge < -0.3 is 10.6 Å². The molecule has 25 heavy (non-hydrogen) atoms. The molecule has 0 saturated carbocycles. The normalized spacial score (nSPS) is 11.1. The summed E-state index contributed by atoms with van der Waals surface area (Å²) in [6.45, 7) is 5.58. The number of halogens is 4. The van der Waals surface area contributed by atoms with Gasteiger partial charge in [-0.3, -0.25) is 4.79 Å². The Labute approximate surface area is 146 Å². The maximum Gasteiger partial charge on any atom is 0.416 e. The zero-order valence-corrected chi connectivity index (χ0v) is 13.9. The second kappa shape index (κ2) is 7.52. The predicted octanol–water partition coefficient (Wildman–Crippen LogP) is 4.31. The van der Waals surface area contributed by atoms with Gasteiger partial charge in [-0.2, -0.15) is 13.2 Å². The number of carbonyl (C=O) groups excluding carboxylic acids is 1. The average molecular weight is 371 g/mol. The van der Waals surface area contributed by atoms with E-state index in [2.05, 4.69) is 27.2 Å². The highest BCUT2D eigenvalue weighted by Crippen LogP contribution is 2.33. The summed E-state index contributed by atoms with van der Waals surface area (Å²) in [7, 11) is 0. The number of anilines is 2. The Balaban J connectivity index is 2.28. The summed E-state index contributed by atoms with van der Waals surface area (Å²) >= 11 is 5.87. The molecule has 0 radical (unpaired) electrons. The van der Waals surface area contributed by atoms with Crippen LogP contribution in [0.1, 0.15) is 21.9 Å². The molecule has 9 heteroatoms. The molecule has 0 atom stereocenters. The Morgan fingerprint density at radius 3 is 2.68 bits per heavy atom. The van der Waals surface area contributed by atoms with Crippen LogP contribution in [-0.2, 0) is 6.18 Å². The number of aromatic nitrogens is 2. The van der Waals surface area contributed by atoms with Crippen LogP contribution < -0.4 is 10.6 Å². The molecule has 0 aliphatic heterocycles. The van der Waals surface area contributed by atoms with Crippen LogP contribution in [-0.4, -0.2) is 22.4 Å². The van der Waals surface area contributed by atoms with E-state index in [1.54, 1.807) is 13.0 Å². The van der Waals surface area contributed by atoms with Crippen molar-refractivity contribution in [1.29, 1.82) is 0 Å². The van der Waals surface area contributed by atoms with Gasteiger partial charge in [-0.25, -0.2) is 9.97 Å². The molecular weight excluding hydrogens is 357 g/mol. The average Bonchev–Trinajstić information content (AvgIpc) is 2.53. The van der Waals surface area contributed by atoms with Crippen molar-refractivity contribution >= 4 is 29.0 Å². The fourth-order valence-electron chi connectivity index (χ4n) is 1.94. The molecule has 1 aromatic carbocycles. The molecule has 1 aromatic heterocycles. The first-order valence-corrected chi connectivity index (χ1v) is 7.47. The molecule has 0 spiro atoms. The fraction of sp³-hybridized carbons (Fsp3) is 0.188. The number of aryl methyl sites for hydroxylation is 1. The van der Waals surface area contributed by atoms with Crippen LogP contribution in [0.15, 0.2) is 36.9 Å². The minimum atomic E-state index is -4.54. The van der Waals surface area contributed by atoms with Crippen LogP contribution in [0.25, 0.3) is 0 Å². The maximum atomic E-state index is 12.8. The molecule has 2 aromatic rings. The molecule has 5 nitrogen and oxygen atoms in total. The minimum Gasteiger partial charge on any atom is -0.366 e. The number of carbonyl (C=O) groups is 1. The lowest BCUT2D eigenvalue weighted by Gasteiger charge is -2.12. The molecule has 0 unspecified atom stereocenters. The molecule has 1 amide bonds. The quantitative estimate of drug-likeness (QED) is 0.770. The van der Waals surface area contributed by atoms with Crippen molar-refractivity contribution in [3.8, 4) is 0 Å². The second-order valence-electron chi connectivity index (χ2n) is 5.00. The van der Waals surface area contributed by atoms with E-state index in [1.807, 2.05) is 0 Å². The van der Waals surface area contributed by atoms with E-state index in [4.69, 9.17) is 11.6 Å². The zero-order valence-electron chi connectivity index (χ0n) is 13.1. The first-order chi connectivity index (χ1) is 11.7. The number of alkyl halides is 3. The summed E-state index contributed by atoms with van der Waals surface area (Å²) in [6, 6.07) is 4.06. The highest BCUT2D eigenvalue weighted by atomic mass is 35.5. The molecule has 0 bridgehead atoms. The summed E-state index contributed by atoms with van der Waals surface area (Å²) in [5.41, 5.74) is -1.08. The van der Waals surface area contributed by atoms with E-state index in [0.717, 1.165) is 18.2 Å². The Morgan fingerprint density at radius 1 is 1.32 bits per heavy atom. The van der Waals surface area contributed by atoms with Gasteiger partial charge in [0, 0.05) is 12.6 Å². The largest absolute Gasteiger partial charge is 0.416 e. The third-order valence-electron chi connectivity index (χ3n) is 3.04. The molecule has 1 heterocycles. The zero-order chi connectivity index (χ0) is 18.6. The van der Waals surface area contributed by atoms with E-state index < -0.39 is 17.6 Å². The lowest BCUT2D eigenvalue weighted by atomic mass is 10.2. The van der Waals surface area contributed by atoms with Gasteiger partial charge in [0.2, 0.25) is 0 Å². The van der Waals surface area contributed by atoms with Crippen molar-refractivity contribution < 1.29 is 18.0 Å². The van der Waals surface area contributed by atoms with Crippen molar-refractivity contribution in [2.45, 2.75) is 13.1 Å². The lowest BCUT2D eigenvalue weighted by molar-refractivity contribution is -0.137. The van der Waals surface area contributed by atoms with Gasteiger partial charge in [-0.1, -0.05) is 17.7 Å². The smallest absolute Gasteiger partial charge is 0.366 e. The Morgan fingerprint density at radius 2 is 2.04 bits per heavy atom. The van der Waals surface area contributed by atoms with E-state index in [-0.39, 0.29) is 16.4 Å². The van der Waals surface area contributed by atoms with Crippen molar-refractivity contribution in [3.63, 3.8) is 0 Å². The molecule has 132 valence electrons. The molecule has 0 fully saturated rings. The molecule has 0 aliphatic carbocycles. The SMILES string of the molecule is C=CCNc1cc(C(=O)Nc2cc(C(F)(F)F)ccc2Cl)nc(C)n1. The second-order valence-corrected chi connectivity index (χ2v) is 5.41. The summed E-state index contributed by atoms with van der Waals surface area (Å²) < 4.78 is 38.4. The number of hydrogen-bond donors (Lipinski definition) is 2. The molecular formula is C16H14ClF3N4O. The Bertz CT molecular complexity index is 808. The van der Waals surface area contributed by atoms with Crippen molar-refractivity contribution in [2.24, 2.45) is 0 Å². The van der Waals surface area contributed by atoms with E-state index >= 15 is 0 Å². The Hall–Kier alpha value is -2.61. The standard InChI is InChI=1S/C16H14ClF3N4O/c1-3-6-21-14-8-13(22-9(2)23-14)15(25)24-12-7-10(16(18,19)20)4-5-11(12)17/h3-5,7-8H,1,6H2,2H3,(H,24,25)(H,21,22,23). The molecule has 0 saturated heterocycles. The number of amides is 1. The van der Waals surface area contributed by atoms with Gasteiger partial charge in [-0.15, -0.1) is 6.58 Å². The number of nitrogens with zero attached hydrogens (tertiary/aromatic N) is 2. The van der Waals surface area contributed by atoms with E-state index in [0.29, 0.717) is 18.2 Å². The lowest BCUT2D eigenvalue weighted by Crippen LogP contribution is -2.17. The topological polar surface area (TPSA) is 66.9 Å². The van der Waals surface area contributed by atoms with Crippen LogP contribution in [0, 0.1) is 6.92 Å². The minimum absolute atomic E-state index is 0.00691. The predicted molar refractivity (Wildman–Crippen MR) is 89.9 cm³/mol. The number of benzene rings is 1. The summed E-state index contributed by atoms with van der Waals surface area (Å²) in [4.78, 5) is 20.4. The fourth-order valence-corrected chi connectivity index (χ4v) is 2.10. The highest BCUT2D eigenvalue weighted by Gasteiger charge is 2.31. The van der Waals surface area contributed by atoms with Gasteiger partial charge >= 0.3 is 6.18 Å². The van der Waals surface area contributed by atoms with Gasteiger partial charge in [0.15, 0.2) is 0 Å². The van der Waals surface area contributed by atoms with Gasteiger partial charge in [-0.05, 0) is 25.1 Å².